The van der Waals surface area contributed by atoms with Crippen LogP contribution in [0, 0.1) is 0 Å². The average Bonchev–Trinajstić information content (AvgIpc) is 3.21. The standard InChI is InChI=1S/C19H17ClN6O2S/c1-24-14-8-11(20)9-21-16(14)26(18(28)17(24)27)12-2-5-25(6-3-12)19-22-10-15-13(23-19)4-7-29-15/h4,7-10,12H,2-3,5-6H2,1H3. The van der Waals surface area contributed by atoms with E-state index in [1.54, 1.807) is 24.5 Å². The van der Waals surface area contributed by atoms with Crippen LogP contribution in [0.3, 0.4) is 0 Å². The predicted molar refractivity (Wildman–Crippen MR) is 114 cm³/mol. The van der Waals surface area contributed by atoms with Crippen molar-refractivity contribution >= 4 is 50.3 Å². The normalized spacial score (nSPS) is 15.4. The van der Waals surface area contributed by atoms with Gasteiger partial charge in [-0.2, -0.15) is 0 Å². The summed E-state index contributed by atoms with van der Waals surface area (Å²) in [7, 11) is 1.56. The lowest BCUT2D eigenvalue weighted by atomic mass is 10.0. The molecule has 4 aromatic heterocycles. The maximum atomic E-state index is 12.8. The number of rotatable bonds is 2. The van der Waals surface area contributed by atoms with Gasteiger partial charge in [-0.1, -0.05) is 11.6 Å². The molecular formula is C19H17ClN6O2S. The van der Waals surface area contributed by atoms with Crippen molar-refractivity contribution in [1.29, 1.82) is 0 Å². The van der Waals surface area contributed by atoms with E-state index in [0.29, 0.717) is 48.1 Å². The lowest BCUT2D eigenvalue weighted by molar-refractivity contribution is 0.389. The number of anilines is 1. The van der Waals surface area contributed by atoms with Crippen LogP contribution >= 0.6 is 22.9 Å². The summed E-state index contributed by atoms with van der Waals surface area (Å²) in [4.78, 5) is 40.8. The third-order valence-corrected chi connectivity index (χ3v) is 6.46. The summed E-state index contributed by atoms with van der Waals surface area (Å²) in [5.74, 6) is 0.695. The molecule has 0 aromatic carbocycles. The fraction of sp³-hybridized carbons (Fsp3) is 0.316. The number of hydrogen-bond acceptors (Lipinski definition) is 7. The van der Waals surface area contributed by atoms with Gasteiger partial charge in [0.25, 0.3) is 0 Å². The predicted octanol–water partition coefficient (Wildman–Crippen LogP) is 2.59. The Bertz CT molecular complexity index is 1350. The van der Waals surface area contributed by atoms with Gasteiger partial charge in [0.05, 0.1) is 27.0 Å². The highest BCUT2D eigenvalue weighted by Gasteiger charge is 2.26. The summed E-state index contributed by atoms with van der Waals surface area (Å²) < 4.78 is 3.91. The fourth-order valence-corrected chi connectivity index (χ4v) is 4.72. The molecule has 0 aliphatic carbocycles. The number of halogens is 1. The Morgan fingerprint density at radius 2 is 1.93 bits per heavy atom. The van der Waals surface area contributed by atoms with E-state index in [0.717, 1.165) is 10.2 Å². The number of fused-ring (bicyclic) bond motifs is 2. The minimum Gasteiger partial charge on any atom is -0.341 e. The summed E-state index contributed by atoms with van der Waals surface area (Å²) in [6, 6.07) is 3.54. The molecule has 10 heteroatoms. The molecule has 1 saturated heterocycles. The molecular weight excluding hydrogens is 412 g/mol. The lowest BCUT2D eigenvalue weighted by Crippen LogP contribution is -2.45. The van der Waals surface area contributed by atoms with Crippen molar-refractivity contribution in [3.8, 4) is 0 Å². The van der Waals surface area contributed by atoms with Crippen LogP contribution in [0.5, 0.6) is 0 Å². The second-order valence-electron chi connectivity index (χ2n) is 7.09. The summed E-state index contributed by atoms with van der Waals surface area (Å²) in [6.45, 7) is 1.38. The highest BCUT2D eigenvalue weighted by molar-refractivity contribution is 7.17. The second-order valence-corrected chi connectivity index (χ2v) is 8.48. The van der Waals surface area contributed by atoms with Crippen molar-refractivity contribution in [1.82, 2.24) is 24.1 Å². The Labute approximate surface area is 174 Å². The van der Waals surface area contributed by atoms with Gasteiger partial charge in [-0.3, -0.25) is 14.2 Å². The van der Waals surface area contributed by atoms with Gasteiger partial charge in [-0.25, -0.2) is 15.0 Å². The Morgan fingerprint density at radius 3 is 2.72 bits per heavy atom. The van der Waals surface area contributed by atoms with Crippen molar-refractivity contribution in [2.24, 2.45) is 7.05 Å². The molecule has 5 rings (SSSR count). The van der Waals surface area contributed by atoms with E-state index in [2.05, 4.69) is 19.9 Å². The van der Waals surface area contributed by atoms with Crippen molar-refractivity contribution < 1.29 is 0 Å². The van der Waals surface area contributed by atoms with Crippen molar-refractivity contribution in [3.63, 3.8) is 0 Å². The lowest BCUT2D eigenvalue weighted by Gasteiger charge is -2.33. The molecule has 4 aromatic rings. The molecule has 148 valence electrons. The Balaban J connectivity index is 1.48. The number of aromatic nitrogens is 5. The van der Waals surface area contributed by atoms with E-state index < -0.39 is 11.1 Å². The molecule has 0 N–H and O–H groups in total. The molecule has 0 saturated carbocycles. The van der Waals surface area contributed by atoms with E-state index >= 15 is 0 Å². The number of nitrogens with zero attached hydrogens (tertiary/aromatic N) is 6. The van der Waals surface area contributed by atoms with Crippen LogP contribution in [-0.4, -0.2) is 37.2 Å². The summed E-state index contributed by atoms with van der Waals surface area (Å²) in [5, 5.41) is 2.43. The highest BCUT2D eigenvalue weighted by Crippen LogP contribution is 2.27. The van der Waals surface area contributed by atoms with Crippen molar-refractivity contribution in [2.45, 2.75) is 18.9 Å². The molecule has 5 heterocycles. The average molecular weight is 429 g/mol. The smallest absolute Gasteiger partial charge is 0.318 e. The molecule has 0 radical (unpaired) electrons. The Hall–Kier alpha value is -2.78. The highest BCUT2D eigenvalue weighted by atomic mass is 35.5. The largest absolute Gasteiger partial charge is 0.341 e. The number of piperidine rings is 1. The van der Waals surface area contributed by atoms with E-state index in [1.165, 1.54) is 15.3 Å². The first kappa shape index (κ1) is 18.3. The molecule has 1 fully saturated rings. The van der Waals surface area contributed by atoms with Crippen LogP contribution in [0.2, 0.25) is 5.02 Å². The van der Waals surface area contributed by atoms with Gasteiger partial charge in [-0.05, 0) is 30.4 Å². The van der Waals surface area contributed by atoms with Gasteiger partial charge in [0.15, 0.2) is 5.65 Å². The fourth-order valence-electron chi connectivity index (χ4n) is 3.88. The van der Waals surface area contributed by atoms with E-state index in [4.69, 9.17) is 11.6 Å². The molecule has 1 aliphatic heterocycles. The van der Waals surface area contributed by atoms with Gasteiger partial charge < -0.3 is 9.47 Å². The maximum Gasteiger partial charge on any atom is 0.318 e. The van der Waals surface area contributed by atoms with Gasteiger partial charge in [0.2, 0.25) is 5.95 Å². The zero-order chi connectivity index (χ0) is 20.1. The summed E-state index contributed by atoms with van der Waals surface area (Å²) in [5.41, 5.74) is 0.850. The quantitative estimate of drug-likeness (QED) is 0.456. The third kappa shape index (κ3) is 3.01. The number of hydrogen-bond donors (Lipinski definition) is 0. The van der Waals surface area contributed by atoms with Gasteiger partial charge in [0.1, 0.15) is 0 Å². The topological polar surface area (TPSA) is 85.9 Å². The summed E-state index contributed by atoms with van der Waals surface area (Å²) in [6.07, 6.45) is 4.74. The molecule has 0 spiro atoms. The van der Waals surface area contributed by atoms with Crippen LogP contribution in [0.1, 0.15) is 18.9 Å². The van der Waals surface area contributed by atoms with E-state index in [9.17, 15) is 9.59 Å². The van der Waals surface area contributed by atoms with Gasteiger partial charge in [-0.15, -0.1) is 11.3 Å². The maximum absolute atomic E-state index is 12.8. The van der Waals surface area contributed by atoms with Crippen LogP contribution in [0.25, 0.3) is 21.4 Å². The SMILES string of the molecule is Cn1c(=O)c(=O)n(C2CCN(c3ncc4sccc4n3)CC2)c2ncc(Cl)cc21. The van der Waals surface area contributed by atoms with Gasteiger partial charge in [0, 0.05) is 32.4 Å². The molecule has 0 unspecified atom stereocenters. The van der Waals surface area contributed by atoms with Crippen LogP contribution in [0.4, 0.5) is 5.95 Å². The second kappa shape index (κ2) is 6.93. The molecule has 29 heavy (non-hydrogen) atoms. The van der Waals surface area contributed by atoms with Crippen molar-refractivity contribution in [3.05, 3.63) is 55.6 Å². The minimum absolute atomic E-state index is 0.117. The molecule has 0 bridgehead atoms. The zero-order valence-corrected chi connectivity index (χ0v) is 17.2. The van der Waals surface area contributed by atoms with Crippen LogP contribution in [0.15, 0.2) is 39.5 Å². The third-order valence-electron chi connectivity index (χ3n) is 5.41. The van der Waals surface area contributed by atoms with E-state index in [1.807, 2.05) is 17.6 Å². The first-order chi connectivity index (χ1) is 14.0. The van der Waals surface area contributed by atoms with Crippen LogP contribution < -0.4 is 16.0 Å². The minimum atomic E-state index is -0.574. The first-order valence-electron chi connectivity index (χ1n) is 9.25. The molecule has 1 aliphatic rings. The zero-order valence-electron chi connectivity index (χ0n) is 15.6. The molecule has 8 nitrogen and oxygen atoms in total. The number of pyridine rings is 1. The van der Waals surface area contributed by atoms with E-state index in [-0.39, 0.29) is 6.04 Å². The first-order valence-corrected chi connectivity index (χ1v) is 10.5. The number of thiophene rings is 1. The molecule has 0 amide bonds. The summed E-state index contributed by atoms with van der Waals surface area (Å²) >= 11 is 7.67. The Kier molecular flexibility index (Phi) is 4.36. The molecule has 0 atom stereocenters. The van der Waals surface area contributed by atoms with Crippen LogP contribution in [-0.2, 0) is 7.05 Å². The number of aryl methyl sites for hydroxylation is 1. The monoisotopic (exact) mass is 428 g/mol. The Morgan fingerprint density at radius 1 is 1.14 bits per heavy atom. The van der Waals surface area contributed by atoms with Gasteiger partial charge >= 0.3 is 11.1 Å². The van der Waals surface area contributed by atoms with Crippen molar-refractivity contribution in [2.75, 3.05) is 18.0 Å².